The predicted octanol–water partition coefficient (Wildman–Crippen LogP) is 13.7. The zero-order valence-corrected chi connectivity index (χ0v) is 32.5. The number of benzene rings is 6. The van der Waals surface area contributed by atoms with Crippen molar-refractivity contribution in [3.8, 4) is 22.3 Å². The van der Waals surface area contributed by atoms with E-state index in [-0.39, 0.29) is 5.43 Å². The summed E-state index contributed by atoms with van der Waals surface area (Å²) in [6, 6.07) is 50.9. The first-order valence-electron chi connectivity index (χ1n) is 17.1. The van der Waals surface area contributed by atoms with Gasteiger partial charge in [-0.2, -0.15) is 12.1 Å². The molecule has 1 unspecified atom stereocenters. The van der Waals surface area contributed by atoms with E-state index in [4.69, 9.17) is 0 Å². The fraction of sp³-hybridized carbons (Fsp3) is 0.174. The van der Waals surface area contributed by atoms with Crippen LogP contribution in [-0.2, 0) is 23.3 Å². The van der Waals surface area contributed by atoms with Gasteiger partial charge in [-0.1, -0.05) is 142 Å². The Labute approximate surface area is 301 Å². The van der Waals surface area contributed by atoms with Crippen LogP contribution in [0.3, 0.4) is 0 Å². The second-order valence-corrected chi connectivity index (χ2v) is 22.6. The zero-order valence-electron chi connectivity index (χ0n) is 29.1. The fourth-order valence-electron chi connectivity index (χ4n) is 6.76. The van der Waals surface area contributed by atoms with Crippen LogP contribution in [0.5, 0.6) is 0 Å². The molecule has 0 N–H and O–H groups in total. The minimum atomic E-state index is 0.210. The molecule has 236 valence electrons. The molecule has 0 bridgehead atoms. The van der Waals surface area contributed by atoms with Crippen LogP contribution in [0, 0.1) is 13.8 Å². The van der Waals surface area contributed by atoms with Gasteiger partial charge in [0.05, 0.1) is 0 Å². The van der Waals surface area contributed by atoms with E-state index in [1.54, 1.807) is 23.3 Å². The molecule has 48 heavy (non-hydrogen) atoms. The summed E-state index contributed by atoms with van der Waals surface area (Å²) >= 11 is 1.74. The van der Waals surface area contributed by atoms with Gasteiger partial charge in [0, 0.05) is 0 Å². The monoisotopic (exact) mass is 714 g/mol. The number of hydrogen-bond donors (Lipinski definition) is 0. The van der Waals surface area contributed by atoms with E-state index in [1.807, 2.05) is 0 Å². The number of aryl methyl sites for hydroxylation is 2. The first-order valence-corrected chi connectivity index (χ1v) is 23.3. The summed E-state index contributed by atoms with van der Waals surface area (Å²) in [4.78, 5) is 0. The van der Waals surface area contributed by atoms with E-state index in [9.17, 15) is 0 Å². The molecule has 0 amide bonds. The Morgan fingerprint density at radius 2 is 1.08 bits per heavy atom. The summed E-state index contributed by atoms with van der Waals surface area (Å²) in [5, 5.41) is 10.7. The molecule has 2 heteroatoms. The van der Waals surface area contributed by atoms with E-state index >= 15 is 0 Å². The zero-order chi connectivity index (χ0) is 33.8. The maximum Gasteiger partial charge on any atom is -0.0114 e. The molecule has 0 spiro atoms. The molecule has 0 radical (unpaired) electrons. The summed E-state index contributed by atoms with van der Waals surface area (Å²) < 4.78 is 0. The molecule has 0 saturated carbocycles. The van der Waals surface area contributed by atoms with Crippen LogP contribution in [0.2, 0.25) is 13.1 Å². The minimum absolute atomic E-state index is 0.210. The molecule has 0 fully saturated rings. The number of fused-ring (bicyclic) bond motifs is 4. The van der Waals surface area contributed by atoms with Crippen molar-refractivity contribution in [2.24, 2.45) is 0 Å². The van der Waals surface area contributed by atoms with Crippen molar-refractivity contribution in [2.45, 2.75) is 53.1 Å². The summed E-state index contributed by atoms with van der Waals surface area (Å²) in [5.74, 6) is 0.614. The second-order valence-electron chi connectivity index (χ2n) is 13.2. The van der Waals surface area contributed by atoms with Crippen molar-refractivity contribution in [2.75, 3.05) is 0 Å². The van der Waals surface area contributed by atoms with E-state index in [0.29, 0.717) is 5.92 Å². The largest absolute Gasteiger partial charge is 0.165 e. The standard InChI is InChI=1S/C23H21.C21H17.C2H6Si.Zr/c1-3-16(2)19-14-18-10-7-13-22(23(18)15-19)21-12-6-9-17-8-4-5-11-20(17)21;1-14-12-20-15(2)10-11-19(21(20)13-14)18-9-5-7-16-6-3-4-8-17(16)18;1-3-2;/h4-16H,3H2,1-2H3;3-13H,1-2H3;1-2H3;/q2*-1;;+2. The van der Waals surface area contributed by atoms with Crippen LogP contribution in [0.4, 0.5) is 0 Å². The van der Waals surface area contributed by atoms with Crippen molar-refractivity contribution in [3.63, 3.8) is 0 Å². The van der Waals surface area contributed by atoms with Crippen molar-refractivity contribution in [3.05, 3.63) is 156 Å². The minimum Gasteiger partial charge on any atom is -0.165 e. The topological polar surface area (TPSA) is 0 Å². The molecule has 0 heterocycles. The third-order valence-electron chi connectivity index (χ3n) is 9.36. The third-order valence-corrected chi connectivity index (χ3v) is 9.36. The summed E-state index contributed by atoms with van der Waals surface area (Å²) in [5.41, 5.74) is 9.67. The molecule has 0 saturated heterocycles. The molecule has 1 atom stereocenters. The van der Waals surface area contributed by atoms with Crippen molar-refractivity contribution in [1.29, 1.82) is 0 Å². The van der Waals surface area contributed by atoms with Crippen molar-refractivity contribution < 1.29 is 23.3 Å². The number of hydrogen-bond acceptors (Lipinski definition) is 0. The molecule has 0 aromatic heterocycles. The molecule has 0 nitrogen and oxygen atoms in total. The average Bonchev–Trinajstić information content (AvgIpc) is 3.72. The quantitative estimate of drug-likeness (QED) is 0.126. The molecule has 0 aliphatic heterocycles. The smallest absolute Gasteiger partial charge is 0.0114 e. The third kappa shape index (κ3) is 7.26. The first-order chi connectivity index (χ1) is 23.2. The van der Waals surface area contributed by atoms with Gasteiger partial charge in [0.25, 0.3) is 0 Å². The molecular weight excluding hydrogens is 672 g/mol. The van der Waals surface area contributed by atoms with Crippen LogP contribution >= 0.6 is 0 Å². The van der Waals surface area contributed by atoms with Gasteiger partial charge in [-0.3, -0.25) is 0 Å². The van der Waals surface area contributed by atoms with Gasteiger partial charge in [0.1, 0.15) is 0 Å². The molecule has 0 aliphatic carbocycles. The normalized spacial score (nSPS) is 11.7. The van der Waals surface area contributed by atoms with Crippen LogP contribution in [-0.4, -0.2) is 5.43 Å². The van der Waals surface area contributed by atoms with E-state index in [2.05, 4.69) is 180 Å². The summed E-state index contributed by atoms with van der Waals surface area (Å²) in [6.45, 7) is 13.5. The molecule has 8 rings (SSSR count). The van der Waals surface area contributed by atoms with Gasteiger partial charge in [0.15, 0.2) is 0 Å². The Bertz CT molecular complexity index is 2350. The van der Waals surface area contributed by atoms with E-state index in [0.717, 1.165) is 0 Å². The number of rotatable bonds is 4. The van der Waals surface area contributed by atoms with Gasteiger partial charge in [-0.15, -0.1) is 68.6 Å². The Hall–Kier alpha value is -3.84. The summed E-state index contributed by atoms with van der Waals surface area (Å²) in [6.07, 6.45) is 1.18. The van der Waals surface area contributed by atoms with Gasteiger partial charge in [0.2, 0.25) is 0 Å². The van der Waals surface area contributed by atoms with Crippen LogP contribution in [0.15, 0.2) is 140 Å². The van der Waals surface area contributed by atoms with Crippen LogP contribution in [0.25, 0.3) is 65.3 Å². The Kier molecular flexibility index (Phi) is 10.7. The molecular formula is C46H44SiZr. The molecule has 8 aromatic rings. The average molecular weight is 716 g/mol. The van der Waals surface area contributed by atoms with Crippen molar-refractivity contribution in [1.82, 2.24) is 0 Å². The first kappa shape index (κ1) is 34.0. The van der Waals surface area contributed by atoms with Crippen molar-refractivity contribution >= 4 is 48.5 Å². The van der Waals surface area contributed by atoms with Gasteiger partial charge in [-0.05, 0) is 38.6 Å². The predicted molar refractivity (Wildman–Crippen MR) is 211 cm³/mol. The SMILES string of the molecule is CCC(C)c1cc2c(-c3cccc4ccccc34)cccc2[cH-]1.C[Si](C)=[Zr+2].Cc1cc2c(-c3cccc4ccccc34)ccc(C)c2[cH-]1. The molecule has 0 aliphatic rings. The van der Waals surface area contributed by atoms with Gasteiger partial charge < -0.3 is 0 Å². The maximum atomic E-state index is 2.39. The van der Waals surface area contributed by atoms with Gasteiger partial charge >= 0.3 is 41.9 Å². The van der Waals surface area contributed by atoms with Crippen LogP contribution < -0.4 is 0 Å². The van der Waals surface area contributed by atoms with Gasteiger partial charge in [-0.25, -0.2) is 0 Å². The summed E-state index contributed by atoms with van der Waals surface area (Å²) in [7, 11) is 0. The maximum absolute atomic E-state index is 2.39. The molecule has 8 aromatic carbocycles. The Morgan fingerprint density at radius 1 is 0.583 bits per heavy atom. The second kappa shape index (κ2) is 15.1. The Balaban J connectivity index is 0.000000151. The fourth-order valence-corrected chi connectivity index (χ4v) is 6.76. The van der Waals surface area contributed by atoms with E-state index in [1.165, 1.54) is 88.5 Å². The Morgan fingerprint density at radius 3 is 1.67 bits per heavy atom. The van der Waals surface area contributed by atoms with Crippen LogP contribution in [0.1, 0.15) is 42.9 Å². The van der Waals surface area contributed by atoms with E-state index < -0.39 is 0 Å².